The fourth-order valence-corrected chi connectivity index (χ4v) is 6.92. The molecule has 5 aromatic rings. The van der Waals surface area contributed by atoms with Crippen LogP contribution in [0.2, 0.25) is 0 Å². The van der Waals surface area contributed by atoms with Crippen LogP contribution in [0.3, 0.4) is 0 Å². The smallest absolute Gasteiger partial charge is 0.178 e. The first kappa shape index (κ1) is 23.3. The van der Waals surface area contributed by atoms with Gasteiger partial charge in [-0.3, -0.25) is 0 Å². The summed E-state index contributed by atoms with van der Waals surface area (Å²) in [6.45, 7) is 0. The van der Waals surface area contributed by atoms with Gasteiger partial charge in [0.15, 0.2) is 7.14 Å². The van der Waals surface area contributed by atoms with Crippen molar-refractivity contribution in [1.29, 1.82) is 0 Å². The minimum absolute atomic E-state index is 0.481. The topological polar surface area (TPSA) is 87.6 Å². The van der Waals surface area contributed by atoms with Crippen LogP contribution >= 0.6 is 7.14 Å². The molecular formula is C30H25N2O3P. The molecule has 0 atom stereocenters. The number of hydrogen-bond acceptors (Lipinski definition) is 5. The molecule has 6 heteroatoms. The monoisotopic (exact) mass is 492 g/mol. The Morgan fingerprint density at radius 1 is 0.500 bits per heavy atom. The standard InChI is InChI=1S/C30H25N2O3P/c31-22-10-8-12-24(20-22)34-27-16-4-6-18-29(27)36(33,26-14-2-1-3-15-26)30-19-7-5-17-28(30)35-25-13-9-11-23(32)21-25/h1-21H,31-32H2. The molecule has 0 unspecified atom stereocenters. The SMILES string of the molecule is Nc1cccc(Oc2ccccc2P(=O)(c2ccccc2)c2ccccc2Oc2cccc(N)c2)c1. The molecule has 0 saturated heterocycles. The summed E-state index contributed by atoms with van der Waals surface area (Å²) < 4.78 is 27.9. The van der Waals surface area contributed by atoms with E-state index in [1.807, 2.05) is 103 Å². The van der Waals surface area contributed by atoms with E-state index in [1.165, 1.54) is 0 Å². The Kier molecular flexibility index (Phi) is 6.48. The average molecular weight is 493 g/mol. The maximum absolute atomic E-state index is 15.4. The van der Waals surface area contributed by atoms with Crippen LogP contribution in [0.5, 0.6) is 23.0 Å². The van der Waals surface area contributed by atoms with Crippen molar-refractivity contribution < 1.29 is 14.0 Å². The number of benzene rings is 5. The minimum atomic E-state index is -3.46. The zero-order valence-electron chi connectivity index (χ0n) is 19.5. The molecule has 5 aromatic carbocycles. The Hall–Kier alpha value is -4.47. The molecule has 0 aromatic heterocycles. The van der Waals surface area contributed by atoms with E-state index in [0.29, 0.717) is 50.3 Å². The lowest BCUT2D eigenvalue weighted by atomic mass is 10.3. The molecule has 5 nitrogen and oxygen atoms in total. The van der Waals surface area contributed by atoms with Crippen LogP contribution in [-0.4, -0.2) is 0 Å². The number of para-hydroxylation sites is 2. The normalized spacial score (nSPS) is 11.1. The highest BCUT2D eigenvalue weighted by molar-refractivity contribution is 7.85. The van der Waals surface area contributed by atoms with Gasteiger partial charge in [-0.1, -0.05) is 66.7 Å². The summed E-state index contributed by atoms with van der Waals surface area (Å²) in [5.41, 5.74) is 13.1. The van der Waals surface area contributed by atoms with Crippen LogP contribution in [0.4, 0.5) is 11.4 Å². The molecule has 0 amide bonds. The Balaban J connectivity index is 1.69. The number of hydrogen-bond donors (Lipinski definition) is 2. The van der Waals surface area contributed by atoms with E-state index in [9.17, 15) is 0 Å². The molecule has 0 aliphatic carbocycles. The summed E-state index contributed by atoms with van der Waals surface area (Å²) in [6, 6.07) is 38.5. The van der Waals surface area contributed by atoms with E-state index in [4.69, 9.17) is 20.9 Å². The van der Waals surface area contributed by atoms with Gasteiger partial charge in [0.05, 0.1) is 10.6 Å². The van der Waals surface area contributed by atoms with Crippen LogP contribution in [0, 0.1) is 0 Å². The van der Waals surface area contributed by atoms with Gasteiger partial charge in [0, 0.05) is 28.8 Å². The van der Waals surface area contributed by atoms with Gasteiger partial charge in [-0.25, -0.2) is 0 Å². The lowest BCUT2D eigenvalue weighted by Crippen LogP contribution is -2.27. The second kappa shape index (κ2) is 10.0. The van der Waals surface area contributed by atoms with Crippen LogP contribution < -0.4 is 36.9 Å². The number of nitrogens with two attached hydrogens (primary N) is 2. The van der Waals surface area contributed by atoms with Gasteiger partial charge in [-0.05, 0) is 48.5 Å². The van der Waals surface area contributed by atoms with Crippen molar-refractivity contribution in [3.8, 4) is 23.0 Å². The zero-order valence-corrected chi connectivity index (χ0v) is 20.3. The summed E-state index contributed by atoms with van der Waals surface area (Å²) >= 11 is 0. The number of nitrogen functional groups attached to an aromatic ring is 2. The maximum atomic E-state index is 15.4. The molecule has 0 aliphatic heterocycles. The minimum Gasteiger partial charge on any atom is -0.456 e. The van der Waals surface area contributed by atoms with Gasteiger partial charge in [-0.15, -0.1) is 0 Å². The largest absolute Gasteiger partial charge is 0.456 e. The Bertz CT molecular complexity index is 1460. The van der Waals surface area contributed by atoms with Crippen LogP contribution in [0.15, 0.2) is 127 Å². The molecule has 0 radical (unpaired) electrons. The lowest BCUT2D eigenvalue weighted by molar-refractivity contribution is 0.485. The van der Waals surface area contributed by atoms with Crippen molar-refractivity contribution in [1.82, 2.24) is 0 Å². The van der Waals surface area contributed by atoms with Gasteiger partial charge in [0.1, 0.15) is 23.0 Å². The van der Waals surface area contributed by atoms with Crippen molar-refractivity contribution in [3.05, 3.63) is 127 Å². The van der Waals surface area contributed by atoms with E-state index in [1.54, 1.807) is 24.3 Å². The van der Waals surface area contributed by atoms with E-state index < -0.39 is 7.14 Å². The first-order chi connectivity index (χ1) is 17.5. The van der Waals surface area contributed by atoms with Crippen LogP contribution in [0.1, 0.15) is 0 Å². The predicted octanol–water partition coefficient (Wildman–Crippen LogP) is 6.08. The van der Waals surface area contributed by atoms with Gasteiger partial charge >= 0.3 is 0 Å². The highest BCUT2D eigenvalue weighted by atomic mass is 31.2. The molecule has 0 saturated carbocycles. The van der Waals surface area contributed by atoms with E-state index >= 15 is 4.57 Å². The molecule has 0 spiro atoms. The summed E-state index contributed by atoms with van der Waals surface area (Å²) in [6.07, 6.45) is 0. The highest BCUT2D eigenvalue weighted by Gasteiger charge is 2.35. The molecule has 0 bridgehead atoms. The van der Waals surface area contributed by atoms with Gasteiger partial charge in [0.25, 0.3) is 0 Å². The molecular weight excluding hydrogens is 467 g/mol. The highest BCUT2D eigenvalue weighted by Crippen LogP contribution is 2.48. The van der Waals surface area contributed by atoms with E-state index in [2.05, 4.69) is 0 Å². The maximum Gasteiger partial charge on any atom is 0.178 e. The van der Waals surface area contributed by atoms with Gasteiger partial charge < -0.3 is 25.5 Å². The molecule has 0 fully saturated rings. The molecule has 0 heterocycles. The third kappa shape index (κ3) is 4.70. The first-order valence-electron chi connectivity index (χ1n) is 11.5. The van der Waals surface area contributed by atoms with E-state index in [0.717, 1.165) is 0 Å². The Labute approximate surface area is 210 Å². The van der Waals surface area contributed by atoms with Gasteiger partial charge in [-0.2, -0.15) is 0 Å². The Morgan fingerprint density at radius 2 is 0.944 bits per heavy atom. The summed E-state index contributed by atoms with van der Waals surface area (Å²) in [7, 11) is -3.46. The first-order valence-corrected chi connectivity index (χ1v) is 13.2. The van der Waals surface area contributed by atoms with Crippen molar-refractivity contribution in [3.63, 3.8) is 0 Å². The van der Waals surface area contributed by atoms with Crippen LogP contribution in [-0.2, 0) is 4.57 Å². The lowest BCUT2D eigenvalue weighted by Gasteiger charge is -2.24. The summed E-state index contributed by atoms with van der Waals surface area (Å²) in [5, 5.41) is 1.78. The molecule has 178 valence electrons. The third-order valence-electron chi connectivity index (χ3n) is 5.70. The van der Waals surface area contributed by atoms with Gasteiger partial charge in [0.2, 0.25) is 0 Å². The van der Waals surface area contributed by atoms with Crippen molar-refractivity contribution in [2.75, 3.05) is 11.5 Å². The van der Waals surface area contributed by atoms with Crippen molar-refractivity contribution in [2.24, 2.45) is 0 Å². The number of ether oxygens (including phenoxy) is 2. The average Bonchev–Trinajstić information content (AvgIpc) is 2.89. The van der Waals surface area contributed by atoms with Crippen molar-refractivity contribution >= 4 is 34.4 Å². The predicted molar refractivity (Wildman–Crippen MR) is 148 cm³/mol. The molecule has 36 heavy (non-hydrogen) atoms. The number of anilines is 2. The fraction of sp³-hybridized carbons (Fsp3) is 0. The number of rotatable bonds is 7. The van der Waals surface area contributed by atoms with E-state index in [-0.39, 0.29) is 0 Å². The summed E-state index contributed by atoms with van der Waals surface area (Å²) in [4.78, 5) is 0. The van der Waals surface area contributed by atoms with Crippen LogP contribution in [0.25, 0.3) is 0 Å². The molecule has 5 rings (SSSR count). The zero-order chi connectivity index (χ0) is 25.0. The van der Waals surface area contributed by atoms with Crippen molar-refractivity contribution in [2.45, 2.75) is 0 Å². The molecule has 0 aliphatic rings. The second-order valence-corrected chi connectivity index (χ2v) is 10.9. The fourth-order valence-electron chi connectivity index (χ4n) is 4.06. The second-order valence-electron chi connectivity index (χ2n) is 8.23. The quantitative estimate of drug-likeness (QED) is 0.213. The third-order valence-corrected chi connectivity index (χ3v) is 8.82. The summed E-state index contributed by atoms with van der Waals surface area (Å²) in [5.74, 6) is 2.08. The molecule has 4 N–H and O–H groups in total. The Morgan fingerprint density at radius 3 is 1.42 bits per heavy atom.